The van der Waals surface area contributed by atoms with Crippen LogP contribution in [-0.4, -0.2) is 48.1 Å². The molecule has 4 nitrogen and oxygen atoms in total. The normalized spacial score (nSPS) is 22.2. The second-order valence-corrected chi connectivity index (χ2v) is 7.59. The van der Waals surface area contributed by atoms with Crippen LogP contribution in [-0.2, 0) is 16.1 Å². The van der Waals surface area contributed by atoms with Crippen LogP contribution in [0.2, 0.25) is 0 Å². The van der Waals surface area contributed by atoms with Crippen molar-refractivity contribution in [3.05, 3.63) is 29.3 Å². The molecule has 0 radical (unpaired) electrons. The van der Waals surface area contributed by atoms with Gasteiger partial charge in [0.15, 0.2) is 0 Å². The zero-order chi connectivity index (χ0) is 16.1. The van der Waals surface area contributed by atoms with E-state index in [0.717, 1.165) is 44.8 Å². The number of rotatable bonds is 5. The molecule has 1 unspecified atom stereocenters. The van der Waals surface area contributed by atoms with E-state index in [1.807, 2.05) is 23.9 Å². The van der Waals surface area contributed by atoms with Crippen molar-refractivity contribution < 1.29 is 9.53 Å². The molecule has 1 amide bonds. The smallest absolute Gasteiger partial charge is 0.226 e. The molecule has 0 aliphatic carbocycles. The lowest BCUT2D eigenvalue weighted by molar-refractivity contribution is -0.118. The van der Waals surface area contributed by atoms with E-state index in [4.69, 9.17) is 4.74 Å². The molecule has 1 atom stereocenters. The van der Waals surface area contributed by atoms with Crippen molar-refractivity contribution in [2.75, 3.05) is 36.5 Å². The molecule has 0 aromatic heterocycles. The molecule has 0 spiro atoms. The predicted molar refractivity (Wildman–Crippen MR) is 96.0 cm³/mol. The van der Waals surface area contributed by atoms with Gasteiger partial charge in [0, 0.05) is 43.4 Å². The zero-order valence-electron chi connectivity index (χ0n) is 13.8. The van der Waals surface area contributed by atoms with Crippen molar-refractivity contribution in [2.45, 2.75) is 38.8 Å². The molecule has 1 aromatic rings. The Morgan fingerprint density at radius 3 is 2.96 bits per heavy atom. The zero-order valence-corrected chi connectivity index (χ0v) is 14.7. The highest BCUT2D eigenvalue weighted by atomic mass is 32.2. The molecule has 2 fully saturated rings. The van der Waals surface area contributed by atoms with Crippen LogP contribution in [0.15, 0.2) is 18.2 Å². The third-order valence-electron chi connectivity index (χ3n) is 4.65. The highest BCUT2D eigenvalue weighted by Gasteiger charge is 2.20. The largest absolute Gasteiger partial charge is 0.378 e. The number of nitrogens with one attached hydrogen (secondary N) is 1. The molecular weight excluding hydrogens is 308 g/mol. The Morgan fingerprint density at radius 1 is 1.39 bits per heavy atom. The first kappa shape index (κ1) is 16.8. The second-order valence-electron chi connectivity index (χ2n) is 6.37. The SMILES string of the molecule is Cc1c(CN2CCSCC2)cccc1NC(=O)CC1CCCO1. The summed E-state index contributed by atoms with van der Waals surface area (Å²) in [5, 5.41) is 3.07. The standard InChI is InChI=1S/C18H26N2O2S/c1-14-15(13-20-7-10-23-11-8-20)4-2-6-17(14)19-18(21)12-16-5-3-9-22-16/h2,4,6,16H,3,5,7-13H2,1H3,(H,19,21). The summed E-state index contributed by atoms with van der Waals surface area (Å²) in [5.74, 6) is 2.50. The van der Waals surface area contributed by atoms with Gasteiger partial charge in [-0.05, 0) is 37.0 Å². The van der Waals surface area contributed by atoms with Crippen LogP contribution >= 0.6 is 11.8 Å². The lowest BCUT2D eigenvalue weighted by Crippen LogP contribution is -2.32. The summed E-state index contributed by atoms with van der Waals surface area (Å²) in [6.07, 6.45) is 2.64. The van der Waals surface area contributed by atoms with Gasteiger partial charge in [0.05, 0.1) is 12.5 Å². The molecule has 2 heterocycles. The minimum absolute atomic E-state index is 0.0616. The Balaban J connectivity index is 1.60. The molecule has 126 valence electrons. The molecule has 2 saturated heterocycles. The summed E-state index contributed by atoms with van der Waals surface area (Å²) in [5.41, 5.74) is 3.44. The van der Waals surface area contributed by atoms with E-state index < -0.39 is 0 Å². The number of carbonyl (C=O) groups excluding carboxylic acids is 1. The quantitative estimate of drug-likeness (QED) is 0.899. The maximum Gasteiger partial charge on any atom is 0.226 e. The lowest BCUT2D eigenvalue weighted by Gasteiger charge is -2.27. The Morgan fingerprint density at radius 2 is 2.22 bits per heavy atom. The highest BCUT2D eigenvalue weighted by molar-refractivity contribution is 7.99. The van der Waals surface area contributed by atoms with Crippen LogP contribution in [0.3, 0.4) is 0 Å². The predicted octanol–water partition coefficient (Wildman–Crippen LogP) is 3.05. The van der Waals surface area contributed by atoms with Crippen molar-refractivity contribution in [1.82, 2.24) is 4.90 Å². The van der Waals surface area contributed by atoms with Crippen LogP contribution in [0.5, 0.6) is 0 Å². The number of amides is 1. The molecule has 23 heavy (non-hydrogen) atoms. The summed E-state index contributed by atoms with van der Waals surface area (Å²) >= 11 is 2.03. The first-order chi connectivity index (χ1) is 11.2. The first-order valence-electron chi connectivity index (χ1n) is 8.52. The van der Waals surface area contributed by atoms with E-state index in [-0.39, 0.29) is 12.0 Å². The second kappa shape index (κ2) is 8.18. The third-order valence-corrected chi connectivity index (χ3v) is 5.60. The number of benzene rings is 1. The van der Waals surface area contributed by atoms with E-state index >= 15 is 0 Å². The van der Waals surface area contributed by atoms with Gasteiger partial charge in [0.25, 0.3) is 0 Å². The fourth-order valence-corrected chi connectivity index (χ4v) is 4.18. The number of carbonyl (C=O) groups is 1. The molecule has 0 saturated carbocycles. The van der Waals surface area contributed by atoms with Gasteiger partial charge in [-0.3, -0.25) is 9.69 Å². The lowest BCUT2D eigenvalue weighted by atomic mass is 10.1. The maximum absolute atomic E-state index is 12.2. The Labute approximate surface area is 143 Å². The van der Waals surface area contributed by atoms with Crippen LogP contribution < -0.4 is 5.32 Å². The molecular formula is C18H26N2O2S. The molecule has 5 heteroatoms. The van der Waals surface area contributed by atoms with Crippen molar-refractivity contribution in [2.24, 2.45) is 0 Å². The van der Waals surface area contributed by atoms with E-state index in [0.29, 0.717) is 6.42 Å². The van der Waals surface area contributed by atoms with Crippen LogP contribution in [0.4, 0.5) is 5.69 Å². The monoisotopic (exact) mass is 334 g/mol. The fourth-order valence-electron chi connectivity index (χ4n) is 3.20. The average Bonchev–Trinajstić information content (AvgIpc) is 3.05. The molecule has 2 aliphatic rings. The van der Waals surface area contributed by atoms with E-state index in [1.54, 1.807) is 0 Å². The Hall–Kier alpha value is -1.04. The number of nitrogens with zero attached hydrogens (tertiary/aromatic N) is 1. The molecule has 1 aromatic carbocycles. The number of ether oxygens (including phenoxy) is 1. The number of hydrogen-bond acceptors (Lipinski definition) is 4. The number of hydrogen-bond donors (Lipinski definition) is 1. The fraction of sp³-hybridized carbons (Fsp3) is 0.611. The Bertz CT molecular complexity index is 538. The average molecular weight is 334 g/mol. The minimum Gasteiger partial charge on any atom is -0.378 e. The van der Waals surface area contributed by atoms with Gasteiger partial charge >= 0.3 is 0 Å². The summed E-state index contributed by atoms with van der Waals surface area (Å²) < 4.78 is 5.55. The molecule has 1 N–H and O–H groups in total. The topological polar surface area (TPSA) is 41.6 Å². The minimum atomic E-state index is 0.0616. The van der Waals surface area contributed by atoms with Crippen LogP contribution in [0, 0.1) is 6.92 Å². The summed E-state index contributed by atoms with van der Waals surface area (Å²) in [6.45, 7) is 6.18. The van der Waals surface area contributed by atoms with Crippen molar-refractivity contribution >= 4 is 23.4 Å². The molecule has 0 bridgehead atoms. The highest BCUT2D eigenvalue weighted by Crippen LogP contribution is 2.23. The van der Waals surface area contributed by atoms with E-state index in [1.165, 1.54) is 22.6 Å². The molecule has 2 aliphatic heterocycles. The number of anilines is 1. The van der Waals surface area contributed by atoms with Gasteiger partial charge in [-0.25, -0.2) is 0 Å². The summed E-state index contributed by atoms with van der Waals surface area (Å²) in [7, 11) is 0. The Kier molecular flexibility index (Phi) is 5.97. The van der Waals surface area contributed by atoms with E-state index in [2.05, 4.69) is 23.2 Å². The summed E-state index contributed by atoms with van der Waals surface area (Å²) in [4.78, 5) is 14.7. The van der Waals surface area contributed by atoms with Gasteiger partial charge in [-0.15, -0.1) is 0 Å². The van der Waals surface area contributed by atoms with Crippen molar-refractivity contribution in [3.63, 3.8) is 0 Å². The van der Waals surface area contributed by atoms with Gasteiger partial charge in [-0.1, -0.05) is 12.1 Å². The van der Waals surface area contributed by atoms with Gasteiger partial charge in [0.2, 0.25) is 5.91 Å². The third kappa shape index (κ3) is 4.72. The summed E-state index contributed by atoms with van der Waals surface area (Å²) in [6, 6.07) is 6.22. The van der Waals surface area contributed by atoms with E-state index in [9.17, 15) is 4.79 Å². The van der Waals surface area contributed by atoms with Crippen molar-refractivity contribution in [1.29, 1.82) is 0 Å². The maximum atomic E-state index is 12.2. The van der Waals surface area contributed by atoms with Gasteiger partial charge < -0.3 is 10.1 Å². The van der Waals surface area contributed by atoms with Crippen molar-refractivity contribution in [3.8, 4) is 0 Å². The van der Waals surface area contributed by atoms with Crippen LogP contribution in [0.1, 0.15) is 30.4 Å². The van der Waals surface area contributed by atoms with Gasteiger partial charge in [-0.2, -0.15) is 11.8 Å². The first-order valence-corrected chi connectivity index (χ1v) is 9.68. The van der Waals surface area contributed by atoms with Crippen LogP contribution in [0.25, 0.3) is 0 Å². The number of thioether (sulfide) groups is 1. The van der Waals surface area contributed by atoms with Gasteiger partial charge in [0.1, 0.15) is 0 Å². The molecule has 3 rings (SSSR count).